The van der Waals surface area contributed by atoms with Crippen molar-refractivity contribution in [3.63, 3.8) is 0 Å². The van der Waals surface area contributed by atoms with Gasteiger partial charge in [-0.05, 0) is 58.5 Å². The summed E-state index contributed by atoms with van der Waals surface area (Å²) in [6.45, 7) is 0.195. The Balaban J connectivity index is 2.05. The maximum atomic E-state index is 11.9. The van der Waals surface area contributed by atoms with Crippen LogP contribution in [0.4, 0.5) is 5.69 Å². The number of hydrogen-bond acceptors (Lipinski definition) is 3. The second-order valence-electron chi connectivity index (χ2n) is 3.93. The summed E-state index contributed by atoms with van der Waals surface area (Å²) >= 11 is 7.90. The minimum Gasteiger partial charge on any atom is -0.457 e. The number of ether oxygens (including phenoxy) is 1. The average Bonchev–Trinajstić information content (AvgIpc) is 2.40. The van der Waals surface area contributed by atoms with Gasteiger partial charge in [0.1, 0.15) is 6.61 Å². The molecule has 0 bridgehead atoms. The number of carbonyl (C=O) groups is 1. The van der Waals surface area contributed by atoms with Crippen LogP contribution in [0.3, 0.4) is 0 Å². The number of carbonyl (C=O) groups excluding carboxylic acids is 1. The predicted octanol–water partition coefficient (Wildman–Crippen LogP) is 3.88. The highest BCUT2D eigenvalue weighted by atomic mass is 127. The third kappa shape index (κ3) is 3.84. The number of rotatable bonds is 3. The second kappa shape index (κ2) is 6.25. The molecule has 0 atom stereocenters. The van der Waals surface area contributed by atoms with Crippen molar-refractivity contribution in [2.24, 2.45) is 0 Å². The molecule has 0 saturated heterocycles. The summed E-state index contributed by atoms with van der Waals surface area (Å²) in [5.41, 5.74) is 7.44. The zero-order valence-electron chi connectivity index (χ0n) is 9.90. The predicted molar refractivity (Wildman–Crippen MR) is 84.1 cm³/mol. The van der Waals surface area contributed by atoms with Gasteiger partial charge in [-0.2, -0.15) is 0 Å². The van der Waals surface area contributed by atoms with Crippen LogP contribution >= 0.6 is 34.2 Å². The topological polar surface area (TPSA) is 52.3 Å². The van der Waals surface area contributed by atoms with E-state index in [1.165, 1.54) is 0 Å². The summed E-state index contributed by atoms with van der Waals surface area (Å²) in [5, 5.41) is 0.650. The maximum absolute atomic E-state index is 11.9. The van der Waals surface area contributed by atoms with Crippen molar-refractivity contribution < 1.29 is 9.53 Å². The molecule has 5 heteroatoms. The summed E-state index contributed by atoms with van der Waals surface area (Å²) in [7, 11) is 0. The Kier molecular flexibility index (Phi) is 4.66. The second-order valence-corrected chi connectivity index (χ2v) is 5.62. The van der Waals surface area contributed by atoms with E-state index in [9.17, 15) is 4.79 Å². The Labute approximate surface area is 129 Å². The molecule has 0 spiro atoms. The van der Waals surface area contributed by atoms with Gasteiger partial charge < -0.3 is 10.5 Å². The zero-order chi connectivity index (χ0) is 13.8. The van der Waals surface area contributed by atoms with Gasteiger partial charge in [-0.25, -0.2) is 4.79 Å². The van der Waals surface area contributed by atoms with Gasteiger partial charge in [0.2, 0.25) is 0 Å². The van der Waals surface area contributed by atoms with Crippen LogP contribution in [0.25, 0.3) is 0 Å². The monoisotopic (exact) mass is 387 g/mol. The van der Waals surface area contributed by atoms with Crippen LogP contribution in [0.15, 0.2) is 42.5 Å². The highest BCUT2D eigenvalue weighted by Gasteiger charge is 2.11. The Morgan fingerprint density at radius 1 is 1.21 bits per heavy atom. The van der Waals surface area contributed by atoms with Gasteiger partial charge >= 0.3 is 5.97 Å². The molecule has 0 aliphatic rings. The molecule has 0 aromatic heterocycles. The fourth-order valence-electron chi connectivity index (χ4n) is 1.51. The van der Waals surface area contributed by atoms with E-state index in [4.69, 9.17) is 22.1 Å². The molecule has 0 amide bonds. The van der Waals surface area contributed by atoms with Gasteiger partial charge in [0, 0.05) is 14.3 Å². The SMILES string of the molecule is Nc1ccc(I)cc1C(=O)OCc1ccc(Cl)cc1. The molecule has 3 nitrogen and oxygen atoms in total. The third-order valence-electron chi connectivity index (χ3n) is 2.52. The van der Waals surface area contributed by atoms with Crippen molar-refractivity contribution in [1.29, 1.82) is 0 Å². The Morgan fingerprint density at radius 2 is 1.89 bits per heavy atom. The van der Waals surface area contributed by atoms with Crippen molar-refractivity contribution in [1.82, 2.24) is 0 Å². The molecule has 19 heavy (non-hydrogen) atoms. The van der Waals surface area contributed by atoms with Crippen molar-refractivity contribution in [3.05, 3.63) is 62.2 Å². The molecule has 0 radical (unpaired) electrons. The van der Waals surface area contributed by atoms with Gasteiger partial charge in [-0.1, -0.05) is 23.7 Å². The minimum absolute atomic E-state index is 0.195. The molecule has 2 N–H and O–H groups in total. The lowest BCUT2D eigenvalue weighted by atomic mass is 10.2. The van der Waals surface area contributed by atoms with Crippen molar-refractivity contribution in [3.8, 4) is 0 Å². The normalized spacial score (nSPS) is 10.2. The fraction of sp³-hybridized carbons (Fsp3) is 0.0714. The van der Waals surface area contributed by atoms with Crippen LogP contribution in [0, 0.1) is 3.57 Å². The highest BCUT2D eigenvalue weighted by Crippen LogP contribution is 2.18. The van der Waals surface area contributed by atoms with Crippen LogP contribution in [0.5, 0.6) is 0 Å². The van der Waals surface area contributed by atoms with Gasteiger partial charge in [0.05, 0.1) is 5.56 Å². The molecule has 0 aliphatic heterocycles. The molecule has 0 saturated carbocycles. The van der Waals surface area contributed by atoms with E-state index >= 15 is 0 Å². The lowest BCUT2D eigenvalue weighted by Crippen LogP contribution is -2.08. The van der Waals surface area contributed by atoms with Crippen LogP contribution < -0.4 is 5.73 Å². The molecule has 2 aromatic carbocycles. The number of benzene rings is 2. The lowest BCUT2D eigenvalue weighted by Gasteiger charge is -2.07. The van der Waals surface area contributed by atoms with Gasteiger partial charge in [-0.3, -0.25) is 0 Å². The standard InChI is InChI=1S/C14H11ClINO2/c15-10-3-1-9(2-4-10)8-19-14(18)12-7-11(16)5-6-13(12)17/h1-7H,8,17H2. The quantitative estimate of drug-likeness (QED) is 0.494. The zero-order valence-corrected chi connectivity index (χ0v) is 12.8. The molecule has 0 unspecified atom stereocenters. The summed E-state index contributed by atoms with van der Waals surface area (Å²) in [5.74, 6) is -0.425. The summed E-state index contributed by atoms with van der Waals surface area (Å²) in [4.78, 5) is 11.9. The van der Waals surface area contributed by atoms with E-state index in [1.807, 2.05) is 18.2 Å². The molecule has 98 valence electrons. The number of nitrogens with two attached hydrogens (primary N) is 1. The average molecular weight is 388 g/mol. The first-order chi connectivity index (χ1) is 9.06. The van der Waals surface area contributed by atoms with E-state index < -0.39 is 5.97 Å². The first kappa shape index (κ1) is 14.1. The summed E-state index contributed by atoms with van der Waals surface area (Å²) in [6.07, 6.45) is 0. The number of esters is 1. The number of nitrogen functional groups attached to an aromatic ring is 1. The number of anilines is 1. The first-order valence-corrected chi connectivity index (χ1v) is 6.98. The molecule has 0 fully saturated rings. The number of halogens is 2. The third-order valence-corrected chi connectivity index (χ3v) is 3.44. The van der Waals surface area contributed by atoms with E-state index in [0.717, 1.165) is 9.13 Å². The molecular formula is C14H11ClINO2. The van der Waals surface area contributed by atoms with Gasteiger partial charge in [0.15, 0.2) is 0 Å². The summed E-state index contributed by atoms with van der Waals surface area (Å²) in [6, 6.07) is 12.4. The largest absolute Gasteiger partial charge is 0.457 e. The Bertz CT molecular complexity index is 599. The van der Waals surface area contributed by atoms with E-state index in [-0.39, 0.29) is 6.61 Å². The number of hydrogen-bond donors (Lipinski definition) is 1. The van der Waals surface area contributed by atoms with E-state index in [0.29, 0.717) is 16.3 Å². The fourth-order valence-corrected chi connectivity index (χ4v) is 2.13. The first-order valence-electron chi connectivity index (χ1n) is 5.53. The van der Waals surface area contributed by atoms with Crippen LogP contribution in [-0.4, -0.2) is 5.97 Å². The highest BCUT2D eigenvalue weighted by molar-refractivity contribution is 14.1. The van der Waals surface area contributed by atoms with E-state index in [2.05, 4.69) is 22.6 Å². The Morgan fingerprint density at radius 3 is 2.58 bits per heavy atom. The van der Waals surface area contributed by atoms with Gasteiger partial charge in [-0.15, -0.1) is 0 Å². The molecule has 2 aromatic rings. The molecule has 2 rings (SSSR count). The smallest absolute Gasteiger partial charge is 0.340 e. The van der Waals surface area contributed by atoms with Crippen molar-refractivity contribution in [2.75, 3.05) is 5.73 Å². The molecular weight excluding hydrogens is 377 g/mol. The van der Waals surface area contributed by atoms with Crippen LogP contribution in [0.1, 0.15) is 15.9 Å². The van der Waals surface area contributed by atoms with Crippen molar-refractivity contribution >= 4 is 45.8 Å². The van der Waals surface area contributed by atoms with Crippen molar-refractivity contribution in [2.45, 2.75) is 6.61 Å². The molecule has 0 heterocycles. The van der Waals surface area contributed by atoms with E-state index in [1.54, 1.807) is 24.3 Å². The lowest BCUT2D eigenvalue weighted by molar-refractivity contribution is 0.0474. The minimum atomic E-state index is -0.425. The van der Waals surface area contributed by atoms with Crippen LogP contribution in [0.2, 0.25) is 5.02 Å². The summed E-state index contributed by atoms with van der Waals surface area (Å²) < 4.78 is 6.16. The molecule has 0 aliphatic carbocycles. The van der Waals surface area contributed by atoms with Gasteiger partial charge in [0.25, 0.3) is 0 Å². The maximum Gasteiger partial charge on any atom is 0.340 e. The van der Waals surface area contributed by atoms with Crippen LogP contribution in [-0.2, 0) is 11.3 Å². The Hall–Kier alpha value is -1.27.